The molecule has 0 radical (unpaired) electrons. The van der Waals surface area contributed by atoms with E-state index >= 15 is 0 Å². The van der Waals surface area contributed by atoms with Crippen molar-refractivity contribution in [2.24, 2.45) is 5.73 Å². The number of hydrogen-bond acceptors (Lipinski definition) is 3. The van der Waals surface area contributed by atoms with Crippen molar-refractivity contribution in [1.82, 2.24) is 10.2 Å². The molecule has 3 N–H and O–H groups in total. The molecule has 0 bridgehead atoms. The van der Waals surface area contributed by atoms with Crippen LogP contribution in [0.2, 0.25) is 0 Å². The lowest BCUT2D eigenvalue weighted by molar-refractivity contribution is -0.122. The Hall–Kier alpha value is -0.810. The SMILES string of the molecule is CCN(C)CCNC(=O)C(CN)c1ccccc1.Cl.Cl. The fourth-order valence-corrected chi connectivity index (χ4v) is 1.73. The van der Waals surface area contributed by atoms with Crippen LogP contribution in [0.25, 0.3) is 0 Å². The molecule has 1 aromatic carbocycles. The molecule has 20 heavy (non-hydrogen) atoms. The van der Waals surface area contributed by atoms with Crippen molar-refractivity contribution < 1.29 is 4.79 Å². The van der Waals surface area contributed by atoms with Gasteiger partial charge in [0.15, 0.2) is 0 Å². The second-order valence-corrected chi connectivity index (χ2v) is 4.39. The van der Waals surface area contributed by atoms with Gasteiger partial charge in [0.05, 0.1) is 5.92 Å². The highest BCUT2D eigenvalue weighted by Gasteiger charge is 2.17. The van der Waals surface area contributed by atoms with E-state index in [9.17, 15) is 4.79 Å². The molecule has 0 fully saturated rings. The van der Waals surface area contributed by atoms with E-state index in [-0.39, 0.29) is 36.6 Å². The minimum absolute atomic E-state index is 0. The molecule has 0 saturated heterocycles. The van der Waals surface area contributed by atoms with Gasteiger partial charge in [-0.2, -0.15) is 0 Å². The van der Waals surface area contributed by atoms with Gasteiger partial charge in [0.25, 0.3) is 0 Å². The monoisotopic (exact) mass is 321 g/mol. The third kappa shape index (κ3) is 7.10. The predicted molar refractivity (Wildman–Crippen MR) is 88.9 cm³/mol. The average molecular weight is 322 g/mol. The summed E-state index contributed by atoms with van der Waals surface area (Å²) in [5, 5.41) is 2.94. The van der Waals surface area contributed by atoms with E-state index in [1.807, 2.05) is 37.4 Å². The Labute approximate surface area is 133 Å². The minimum Gasteiger partial charge on any atom is -0.354 e. The van der Waals surface area contributed by atoms with Gasteiger partial charge >= 0.3 is 0 Å². The topological polar surface area (TPSA) is 58.4 Å². The molecular weight excluding hydrogens is 297 g/mol. The quantitative estimate of drug-likeness (QED) is 0.802. The summed E-state index contributed by atoms with van der Waals surface area (Å²) in [6, 6.07) is 9.67. The van der Waals surface area contributed by atoms with Gasteiger partial charge in [-0.05, 0) is 19.2 Å². The molecule has 0 aromatic heterocycles. The molecule has 0 aliphatic rings. The summed E-state index contributed by atoms with van der Waals surface area (Å²) in [5.74, 6) is -0.244. The van der Waals surface area contributed by atoms with Gasteiger partial charge in [0.1, 0.15) is 0 Å². The smallest absolute Gasteiger partial charge is 0.228 e. The predicted octanol–water partition coefficient (Wildman–Crippen LogP) is 1.64. The van der Waals surface area contributed by atoms with Crippen molar-refractivity contribution >= 4 is 30.7 Å². The fraction of sp³-hybridized carbons (Fsp3) is 0.500. The first-order valence-corrected chi connectivity index (χ1v) is 6.40. The normalized spacial score (nSPS) is 11.2. The van der Waals surface area contributed by atoms with Crippen molar-refractivity contribution in [2.45, 2.75) is 12.8 Å². The summed E-state index contributed by atoms with van der Waals surface area (Å²) in [6.45, 7) is 4.92. The van der Waals surface area contributed by atoms with Crippen molar-refractivity contribution in [2.75, 3.05) is 33.2 Å². The van der Waals surface area contributed by atoms with E-state index in [1.165, 1.54) is 0 Å². The van der Waals surface area contributed by atoms with E-state index in [4.69, 9.17) is 5.73 Å². The van der Waals surface area contributed by atoms with Gasteiger partial charge in [-0.1, -0.05) is 37.3 Å². The van der Waals surface area contributed by atoms with Crippen LogP contribution in [0.15, 0.2) is 30.3 Å². The summed E-state index contributed by atoms with van der Waals surface area (Å²) >= 11 is 0. The standard InChI is InChI=1S/C14H23N3O.2ClH/c1-3-17(2)10-9-16-14(18)13(11-15)12-7-5-4-6-8-12;;/h4-8,13H,3,9-11,15H2,1-2H3,(H,16,18);2*1H. The molecule has 0 aliphatic carbocycles. The zero-order valence-electron chi connectivity index (χ0n) is 12.0. The van der Waals surface area contributed by atoms with E-state index in [0.29, 0.717) is 13.1 Å². The van der Waals surface area contributed by atoms with Crippen molar-refractivity contribution in [3.8, 4) is 0 Å². The maximum Gasteiger partial charge on any atom is 0.228 e. The Morgan fingerprint density at radius 3 is 2.40 bits per heavy atom. The Balaban J connectivity index is 0. The molecule has 6 heteroatoms. The number of carbonyl (C=O) groups is 1. The molecule has 116 valence electrons. The third-order valence-corrected chi connectivity index (χ3v) is 3.09. The molecule has 4 nitrogen and oxygen atoms in total. The number of amides is 1. The van der Waals surface area contributed by atoms with Crippen LogP contribution in [0.3, 0.4) is 0 Å². The van der Waals surface area contributed by atoms with E-state index in [2.05, 4.69) is 17.1 Å². The molecule has 0 spiro atoms. The maximum absolute atomic E-state index is 12.0. The van der Waals surface area contributed by atoms with Gasteiger partial charge in [-0.3, -0.25) is 4.79 Å². The van der Waals surface area contributed by atoms with Crippen LogP contribution in [-0.4, -0.2) is 44.0 Å². The Morgan fingerprint density at radius 1 is 1.30 bits per heavy atom. The number of nitrogens with two attached hydrogens (primary N) is 1. The first-order valence-electron chi connectivity index (χ1n) is 6.40. The fourth-order valence-electron chi connectivity index (χ4n) is 1.73. The number of halogens is 2. The molecule has 0 heterocycles. The molecule has 1 atom stereocenters. The van der Waals surface area contributed by atoms with Crippen LogP contribution < -0.4 is 11.1 Å². The van der Waals surface area contributed by atoms with Crippen molar-refractivity contribution in [1.29, 1.82) is 0 Å². The number of hydrogen-bond donors (Lipinski definition) is 2. The summed E-state index contributed by atoms with van der Waals surface area (Å²) in [7, 11) is 2.03. The first kappa shape index (κ1) is 21.5. The number of likely N-dealkylation sites (N-methyl/N-ethyl adjacent to an activating group) is 1. The number of nitrogens with one attached hydrogen (secondary N) is 1. The van der Waals surface area contributed by atoms with Crippen LogP contribution in [0.1, 0.15) is 18.4 Å². The average Bonchev–Trinajstić information content (AvgIpc) is 2.40. The summed E-state index contributed by atoms with van der Waals surface area (Å²) in [5.41, 5.74) is 6.67. The highest BCUT2D eigenvalue weighted by atomic mass is 35.5. The van der Waals surface area contributed by atoms with Crippen LogP contribution in [0.5, 0.6) is 0 Å². The van der Waals surface area contributed by atoms with Crippen LogP contribution in [0.4, 0.5) is 0 Å². The zero-order valence-corrected chi connectivity index (χ0v) is 13.7. The molecular formula is C14H25Cl2N3O. The minimum atomic E-state index is -0.252. The van der Waals surface area contributed by atoms with Gasteiger partial charge < -0.3 is 16.0 Å². The highest BCUT2D eigenvalue weighted by Crippen LogP contribution is 2.13. The number of carbonyl (C=O) groups excluding carboxylic acids is 1. The number of benzene rings is 1. The van der Waals surface area contributed by atoms with Gasteiger partial charge in [0, 0.05) is 19.6 Å². The van der Waals surface area contributed by atoms with Crippen LogP contribution in [-0.2, 0) is 4.79 Å². The van der Waals surface area contributed by atoms with Crippen molar-refractivity contribution in [3.63, 3.8) is 0 Å². The Kier molecular flexibility index (Phi) is 12.9. The molecule has 1 unspecified atom stereocenters. The lowest BCUT2D eigenvalue weighted by Crippen LogP contribution is -2.37. The number of nitrogens with zero attached hydrogens (tertiary/aromatic N) is 1. The van der Waals surface area contributed by atoms with E-state index in [0.717, 1.165) is 18.7 Å². The zero-order chi connectivity index (χ0) is 13.4. The van der Waals surface area contributed by atoms with Gasteiger partial charge in [0.2, 0.25) is 5.91 Å². The lowest BCUT2D eigenvalue weighted by atomic mass is 9.98. The molecule has 1 aromatic rings. The van der Waals surface area contributed by atoms with Crippen molar-refractivity contribution in [3.05, 3.63) is 35.9 Å². The second kappa shape index (κ2) is 12.0. The largest absolute Gasteiger partial charge is 0.354 e. The first-order chi connectivity index (χ1) is 8.69. The second-order valence-electron chi connectivity index (χ2n) is 4.39. The van der Waals surface area contributed by atoms with E-state index in [1.54, 1.807) is 0 Å². The van der Waals surface area contributed by atoms with Crippen LogP contribution in [0, 0.1) is 0 Å². The molecule has 0 aliphatic heterocycles. The van der Waals surface area contributed by atoms with Crippen LogP contribution >= 0.6 is 24.8 Å². The summed E-state index contributed by atoms with van der Waals surface area (Å²) < 4.78 is 0. The number of rotatable bonds is 7. The summed E-state index contributed by atoms with van der Waals surface area (Å²) in [6.07, 6.45) is 0. The van der Waals surface area contributed by atoms with Gasteiger partial charge in [-0.15, -0.1) is 24.8 Å². The Bertz CT molecular complexity index is 363. The lowest BCUT2D eigenvalue weighted by Gasteiger charge is -2.17. The molecule has 1 amide bonds. The van der Waals surface area contributed by atoms with Gasteiger partial charge in [-0.25, -0.2) is 0 Å². The van der Waals surface area contributed by atoms with E-state index < -0.39 is 0 Å². The third-order valence-electron chi connectivity index (χ3n) is 3.09. The molecule has 0 saturated carbocycles. The highest BCUT2D eigenvalue weighted by molar-refractivity contribution is 5.85. The molecule has 1 rings (SSSR count). The maximum atomic E-state index is 12.0. The Morgan fingerprint density at radius 2 is 1.90 bits per heavy atom. The summed E-state index contributed by atoms with van der Waals surface area (Å²) in [4.78, 5) is 14.2.